The average molecular weight is 950 g/mol. The summed E-state index contributed by atoms with van der Waals surface area (Å²) in [7, 11) is -11.3. The third-order valence-corrected chi connectivity index (χ3v) is 15.0. The molecule has 30 heteroatoms. The molecule has 0 saturated carbocycles. The molecule has 0 aliphatic carbocycles. The van der Waals surface area contributed by atoms with Crippen molar-refractivity contribution < 1.29 is 81.7 Å². The molecule has 344 valence electrons. The molecule has 12 N–H and O–H groups in total. The number of nitrogens with zero attached hydrogens (tertiary/aromatic N) is 2. The van der Waals surface area contributed by atoms with Gasteiger partial charge in [0.1, 0.15) is 47.6 Å². The lowest BCUT2D eigenvalue weighted by atomic mass is 10.00. The van der Waals surface area contributed by atoms with Gasteiger partial charge in [0.15, 0.2) is 12.5 Å². The number of aliphatic hydroxyl groups is 5. The Labute approximate surface area is 355 Å². The molecule has 1 aromatic heterocycles. The van der Waals surface area contributed by atoms with Gasteiger partial charge >= 0.3 is 27.4 Å². The first-order valence-corrected chi connectivity index (χ1v) is 23.4. The lowest BCUT2D eigenvalue weighted by molar-refractivity contribution is -0.259. The highest BCUT2D eigenvalue weighted by molar-refractivity contribution is 8.01. The summed E-state index contributed by atoms with van der Waals surface area (Å²) in [5.41, 5.74) is 0.385. The molecule has 1 aromatic rings. The second-order valence-corrected chi connectivity index (χ2v) is 19.4. The molecule has 0 aromatic carbocycles. The van der Waals surface area contributed by atoms with Gasteiger partial charge in [0.2, 0.25) is 11.8 Å². The summed E-state index contributed by atoms with van der Waals surface area (Å²) in [6.07, 6.45) is -11.0. The number of amides is 4. The molecule has 0 bridgehead atoms. The van der Waals surface area contributed by atoms with Gasteiger partial charge in [-0.05, 0) is 25.7 Å². The second kappa shape index (κ2) is 21.3. The lowest BCUT2D eigenvalue weighted by Crippen LogP contribution is -2.58. The Balaban J connectivity index is 0.967. The molecular formula is C31H49N7O19P2S2. The quantitative estimate of drug-likeness (QED) is 0.0146. The minimum absolute atomic E-state index is 0.0194. The number of rotatable bonds is 21. The lowest BCUT2D eigenvalue weighted by Gasteiger charge is -2.38. The summed E-state index contributed by atoms with van der Waals surface area (Å²) in [4.78, 5) is 81.1. The van der Waals surface area contributed by atoms with E-state index in [0.717, 1.165) is 37.1 Å². The standard InChI is InChI=1S/C31H49N7O19P2S2/c39-19(7-4-3-6-18-31(60)17(14-61-18)34-29(47)36-31)32-10-5-1-2-8-21(41)37-33-12-15-22(42)24(44)26(46)28(55-15)56-59(51,52)57-58(49,50)53-13-16-23(43)25(45)27(54-16)38-11-9-20(40)35-30(38)48/h9,11-12,15-18,22-28,42-46,60H,1-8,10,13-14H2,(H,32,39)(H,37,41)(H,49,50)(H,51,52)(H2,34,36,47)(H,35,40,48)/t15?,16-,17+,18+,22?,23-,24?,25-,26?,27-,28?,31-/m1/s1. The van der Waals surface area contributed by atoms with Crippen molar-refractivity contribution in [2.75, 3.05) is 18.9 Å². The highest BCUT2D eigenvalue weighted by Gasteiger charge is 2.54. The zero-order valence-electron chi connectivity index (χ0n) is 32.0. The van der Waals surface area contributed by atoms with Gasteiger partial charge in [-0.15, -0.1) is 12.6 Å². The van der Waals surface area contributed by atoms with Crippen molar-refractivity contribution in [3.05, 3.63) is 33.1 Å². The minimum atomic E-state index is -5.74. The smallest absolute Gasteiger partial charge is 0.387 e. The molecule has 0 radical (unpaired) electrons. The van der Waals surface area contributed by atoms with Gasteiger partial charge in [-0.2, -0.15) is 21.2 Å². The molecule has 26 nitrogen and oxygen atoms in total. The van der Waals surface area contributed by atoms with E-state index in [1.807, 2.05) is 4.98 Å². The third kappa shape index (κ3) is 13.2. The highest BCUT2D eigenvalue weighted by Crippen LogP contribution is 2.61. The van der Waals surface area contributed by atoms with Crippen LogP contribution in [0.4, 0.5) is 4.79 Å². The zero-order valence-corrected chi connectivity index (χ0v) is 35.5. The number of carbonyl (C=O) groups is 3. The van der Waals surface area contributed by atoms with E-state index in [2.05, 4.69) is 39.8 Å². The Hall–Kier alpha value is -2.76. The number of ether oxygens (including phenoxy) is 2. The molecule has 4 aliphatic rings. The van der Waals surface area contributed by atoms with Crippen LogP contribution in [0.15, 0.2) is 27.0 Å². The number of unbranched alkanes of at least 4 members (excludes halogenated alkanes) is 3. The molecule has 5 heterocycles. The van der Waals surface area contributed by atoms with Gasteiger partial charge in [-0.1, -0.05) is 12.8 Å². The molecule has 4 fully saturated rings. The Morgan fingerprint density at radius 3 is 2.43 bits per heavy atom. The molecular weight excluding hydrogens is 900 g/mol. The summed E-state index contributed by atoms with van der Waals surface area (Å²) in [6, 6.07) is 0.677. The Bertz CT molecular complexity index is 1970. The normalized spacial score (nSPS) is 34.3. The number of fused-ring (bicyclic) bond motifs is 1. The van der Waals surface area contributed by atoms with Crippen LogP contribution >= 0.6 is 40.0 Å². The number of carbonyl (C=O) groups excluding carboxylic acids is 3. The van der Waals surface area contributed by atoms with E-state index in [4.69, 9.17) is 22.1 Å². The first-order chi connectivity index (χ1) is 28.7. The van der Waals surface area contributed by atoms with Gasteiger partial charge in [-0.25, -0.2) is 24.1 Å². The van der Waals surface area contributed by atoms with E-state index in [9.17, 15) is 68.4 Å². The fourth-order valence-electron chi connectivity index (χ4n) is 6.73. The van der Waals surface area contributed by atoms with Crippen LogP contribution in [-0.4, -0.2) is 153 Å². The highest BCUT2D eigenvalue weighted by atomic mass is 32.2. The number of aliphatic hydroxyl groups excluding tert-OH is 5. The monoisotopic (exact) mass is 949 g/mol. The summed E-state index contributed by atoms with van der Waals surface area (Å²) < 4.78 is 49.8. The van der Waals surface area contributed by atoms with Crippen LogP contribution in [0.5, 0.6) is 0 Å². The molecule has 14 atom stereocenters. The Morgan fingerprint density at radius 2 is 1.69 bits per heavy atom. The maximum absolute atomic E-state index is 12.6. The van der Waals surface area contributed by atoms with Crippen LogP contribution in [-0.2, 0) is 41.6 Å². The fraction of sp³-hybridized carbons (Fsp3) is 0.742. The number of thiol groups is 1. The molecule has 0 spiro atoms. The molecule has 5 rings (SSSR count). The number of aromatic nitrogens is 2. The SMILES string of the molecule is O=C(CCCC[C@@H]1SC[C@@H]2NC(=O)N[C@@]21S)NCCCCCC(=O)NN=CC1OC(OP(=O)(O)OP(=O)(O)OC[C@H]2O[C@@H](n3ccc(=O)[nH]c3=O)[C@H](O)[C@@H]2O)C(O)C(O)C1O. The van der Waals surface area contributed by atoms with Crippen LogP contribution in [0.25, 0.3) is 0 Å². The summed E-state index contributed by atoms with van der Waals surface area (Å²) >= 11 is 6.45. The van der Waals surface area contributed by atoms with E-state index in [1.54, 1.807) is 11.8 Å². The van der Waals surface area contributed by atoms with E-state index in [-0.39, 0.29) is 29.7 Å². The van der Waals surface area contributed by atoms with Gasteiger partial charge in [0.05, 0.1) is 18.9 Å². The van der Waals surface area contributed by atoms with Crippen molar-refractivity contribution in [2.24, 2.45) is 5.10 Å². The van der Waals surface area contributed by atoms with Gasteiger partial charge in [0, 0.05) is 42.7 Å². The Kier molecular flexibility index (Phi) is 17.2. The summed E-state index contributed by atoms with van der Waals surface area (Å²) in [5, 5.41) is 63.9. The number of nitrogens with one attached hydrogen (secondary N) is 5. The molecule has 4 saturated heterocycles. The minimum Gasteiger partial charge on any atom is -0.387 e. The number of H-pyrrole nitrogens is 1. The van der Waals surface area contributed by atoms with Crippen LogP contribution in [0, 0.1) is 0 Å². The number of urea groups is 1. The fourth-order valence-corrected chi connectivity index (χ4v) is 11.2. The second-order valence-electron chi connectivity index (χ2n) is 14.4. The van der Waals surface area contributed by atoms with Gasteiger partial charge in [-0.3, -0.25) is 33.0 Å². The number of hydrogen-bond donors (Lipinski definition) is 13. The van der Waals surface area contributed by atoms with E-state index >= 15 is 0 Å². The summed E-state index contributed by atoms with van der Waals surface area (Å²) in [5.74, 6) is 0.134. The molecule has 4 aliphatic heterocycles. The van der Waals surface area contributed by atoms with Crippen molar-refractivity contribution in [1.82, 2.24) is 30.9 Å². The van der Waals surface area contributed by atoms with Crippen molar-refractivity contribution >= 4 is 64.1 Å². The summed E-state index contributed by atoms with van der Waals surface area (Å²) in [6.45, 7) is -0.659. The van der Waals surface area contributed by atoms with Crippen molar-refractivity contribution in [2.45, 2.75) is 123 Å². The molecule has 4 amide bonds. The topological polar surface area (TPSA) is 388 Å². The van der Waals surface area contributed by atoms with E-state index in [0.29, 0.717) is 43.2 Å². The van der Waals surface area contributed by atoms with Crippen LogP contribution in [0.2, 0.25) is 0 Å². The van der Waals surface area contributed by atoms with Gasteiger partial charge < -0.3 is 60.7 Å². The van der Waals surface area contributed by atoms with Gasteiger partial charge in [0.25, 0.3) is 5.56 Å². The first-order valence-electron chi connectivity index (χ1n) is 18.9. The first kappa shape index (κ1) is 49.3. The van der Waals surface area contributed by atoms with Crippen molar-refractivity contribution in [3.63, 3.8) is 0 Å². The maximum atomic E-state index is 12.6. The van der Waals surface area contributed by atoms with Crippen molar-refractivity contribution in [1.29, 1.82) is 0 Å². The number of phosphoric ester groups is 2. The number of hydrogen-bond acceptors (Lipinski definition) is 20. The van der Waals surface area contributed by atoms with E-state index < -0.39 is 99.5 Å². The van der Waals surface area contributed by atoms with Crippen molar-refractivity contribution in [3.8, 4) is 0 Å². The largest absolute Gasteiger partial charge is 0.483 e. The maximum Gasteiger partial charge on any atom is 0.483 e. The average Bonchev–Trinajstić information content (AvgIpc) is 3.75. The predicted molar refractivity (Wildman–Crippen MR) is 212 cm³/mol. The molecule has 61 heavy (non-hydrogen) atoms. The van der Waals surface area contributed by atoms with Crippen LogP contribution in [0.3, 0.4) is 0 Å². The predicted octanol–water partition coefficient (Wildman–Crippen LogP) is -3.02. The van der Waals surface area contributed by atoms with E-state index in [1.165, 1.54) is 0 Å². The Morgan fingerprint density at radius 1 is 0.967 bits per heavy atom. The molecule has 7 unspecified atom stereocenters. The van der Waals surface area contributed by atoms with Crippen LogP contribution in [0.1, 0.15) is 57.6 Å². The number of phosphoric acid groups is 2. The number of hydrazone groups is 1. The number of thioether (sulfide) groups is 1. The number of aromatic amines is 1. The third-order valence-electron chi connectivity index (χ3n) is 9.95. The van der Waals surface area contributed by atoms with Crippen LogP contribution < -0.4 is 32.6 Å². The zero-order chi connectivity index (χ0) is 44.7.